The Kier molecular flexibility index (Phi) is 7.93. The van der Waals surface area contributed by atoms with Crippen LogP contribution in [0.5, 0.6) is 5.75 Å². The lowest BCUT2D eigenvalue weighted by Crippen LogP contribution is -2.41. The molecule has 1 N–H and O–H groups in total. The minimum absolute atomic E-state index is 0.0679. The molecule has 0 bridgehead atoms. The third-order valence-electron chi connectivity index (χ3n) is 6.04. The number of benzene rings is 1. The first-order chi connectivity index (χ1) is 17.6. The number of carbonyl (C=O) groups excluding carboxylic acids is 1. The van der Waals surface area contributed by atoms with Crippen molar-refractivity contribution >= 4 is 27.3 Å². The van der Waals surface area contributed by atoms with Crippen molar-refractivity contribution in [1.29, 1.82) is 0 Å². The van der Waals surface area contributed by atoms with Crippen LogP contribution in [-0.2, 0) is 10.2 Å². The third kappa shape index (κ3) is 6.34. The normalized spacial score (nSPS) is 17.6. The molecule has 200 valence electrons. The van der Waals surface area contributed by atoms with Gasteiger partial charge in [-0.3, -0.25) is 4.79 Å². The maximum absolute atomic E-state index is 15.0. The second-order valence-electron chi connectivity index (χ2n) is 8.82. The monoisotopic (exact) mass is 539 g/mol. The highest BCUT2D eigenvalue weighted by molar-refractivity contribution is 7.87. The highest BCUT2D eigenvalue weighted by atomic mass is 32.2. The zero-order valence-corrected chi connectivity index (χ0v) is 21.2. The van der Waals surface area contributed by atoms with Gasteiger partial charge in [-0.25, -0.2) is 22.4 Å². The molecular formula is C24H28F3N5O4S. The first-order valence-corrected chi connectivity index (χ1v) is 13.3. The molecule has 37 heavy (non-hydrogen) atoms. The molecule has 0 spiro atoms. The number of hydrogen-bond acceptors (Lipinski definition) is 6. The van der Waals surface area contributed by atoms with Crippen molar-refractivity contribution in [3.63, 3.8) is 0 Å². The number of rotatable bonds is 7. The van der Waals surface area contributed by atoms with E-state index in [-0.39, 0.29) is 35.7 Å². The van der Waals surface area contributed by atoms with Crippen LogP contribution in [0.2, 0.25) is 0 Å². The number of hydrogen-bond donors (Lipinski definition) is 1. The van der Waals surface area contributed by atoms with Gasteiger partial charge in [0.2, 0.25) is 0 Å². The number of halogens is 3. The maximum Gasteiger partial charge on any atom is 0.303 e. The van der Waals surface area contributed by atoms with Gasteiger partial charge in [0, 0.05) is 32.9 Å². The molecule has 1 aliphatic heterocycles. The Balaban J connectivity index is 0.000000241. The summed E-state index contributed by atoms with van der Waals surface area (Å²) in [6.45, 7) is 2.20. The number of alkyl halides is 1. The Morgan fingerprint density at radius 1 is 1.19 bits per heavy atom. The van der Waals surface area contributed by atoms with Crippen LogP contribution in [0.25, 0.3) is 5.52 Å². The summed E-state index contributed by atoms with van der Waals surface area (Å²) in [7, 11) is -2.73. The number of carbonyl (C=O) groups is 1. The fourth-order valence-corrected chi connectivity index (χ4v) is 4.53. The summed E-state index contributed by atoms with van der Waals surface area (Å²) >= 11 is 0. The number of aromatic nitrogens is 2. The van der Waals surface area contributed by atoms with Crippen LogP contribution < -0.4 is 14.4 Å². The minimum Gasteiger partial charge on any atom is -0.490 e. The van der Waals surface area contributed by atoms with Gasteiger partial charge in [0.05, 0.1) is 23.6 Å². The summed E-state index contributed by atoms with van der Waals surface area (Å²) in [5.41, 5.74) is -0.217. The molecule has 13 heteroatoms. The smallest absolute Gasteiger partial charge is 0.303 e. The van der Waals surface area contributed by atoms with Crippen molar-refractivity contribution in [2.24, 2.45) is 0 Å². The van der Waals surface area contributed by atoms with Gasteiger partial charge in [-0.15, -0.1) is 0 Å². The number of pyridine rings is 1. The van der Waals surface area contributed by atoms with E-state index in [2.05, 4.69) is 5.10 Å². The molecule has 1 saturated carbocycles. The van der Waals surface area contributed by atoms with Crippen LogP contribution in [0.1, 0.15) is 36.5 Å². The largest absolute Gasteiger partial charge is 0.490 e. The van der Waals surface area contributed by atoms with Crippen LogP contribution >= 0.6 is 0 Å². The second-order valence-corrected chi connectivity index (χ2v) is 10.6. The van der Waals surface area contributed by atoms with Crippen molar-refractivity contribution in [2.45, 2.75) is 38.5 Å². The van der Waals surface area contributed by atoms with Crippen molar-refractivity contribution in [1.82, 2.24) is 18.6 Å². The highest BCUT2D eigenvalue weighted by Gasteiger charge is 2.28. The predicted molar refractivity (Wildman–Crippen MR) is 132 cm³/mol. The van der Waals surface area contributed by atoms with E-state index >= 15 is 0 Å². The van der Waals surface area contributed by atoms with Crippen molar-refractivity contribution < 1.29 is 31.1 Å². The molecule has 1 amide bonds. The molecular weight excluding hydrogens is 511 g/mol. The quantitative estimate of drug-likeness (QED) is 0.495. The van der Waals surface area contributed by atoms with E-state index in [1.165, 1.54) is 31.4 Å². The molecule has 1 unspecified atom stereocenters. The Morgan fingerprint density at radius 2 is 1.89 bits per heavy atom. The van der Waals surface area contributed by atoms with Gasteiger partial charge >= 0.3 is 10.2 Å². The molecule has 1 aromatic carbocycles. The zero-order valence-electron chi connectivity index (χ0n) is 20.4. The summed E-state index contributed by atoms with van der Waals surface area (Å²) in [6.07, 6.45) is 4.48. The molecule has 3 heterocycles. The molecule has 1 atom stereocenters. The van der Waals surface area contributed by atoms with Crippen molar-refractivity contribution in [3.8, 4) is 5.75 Å². The third-order valence-corrected chi connectivity index (χ3v) is 7.56. The summed E-state index contributed by atoms with van der Waals surface area (Å²) in [5.74, 6) is -1.17. The predicted octanol–water partition coefficient (Wildman–Crippen LogP) is 3.31. The standard InChI is InChI=1S/C15H19F2N5O3S.C9H9FO/c1-3-20(2)26(24,25)19-15(23)11-8-18-22-7-5-12(13(17)14(11)22)21-6-4-10(16)9-21;10-7-1-3-8(4-2-7)11-9-5-6-9/h5,7-8,10H,3-4,6,9H2,1-2H3,(H,19,23);1-4,9H,5-6H2. The molecule has 1 aliphatic carbocycles. The van der Waals surface area contributed by atoms with Gasteiger partial charge in [-0.1, -0.05) is 6.92 Å². The first-order valence-electron chi connectivity index (χ1n) is 11.8. The van der Waals surface area contributed by atoms with E-state index in [1.54, 1.807) is 24.0 Å². The van der Waals surface area contributed by atoms with Gasteiger partial charge in [-0.2, -0.15) is 17.8 Å². The Bertz CT molecular complexity index is 1360. The van der Waals surface area contributed by atoms with E-state index < -0.39 is 28.1 Å². The molecule has 5 rings (SSSR count). The molecule has 1 saturated heterocycles. The average molecular weight is 540 g/mol. The van der Waals surface area contributed by atoms with E-state index in [1.807, 2.05) is 4.72 Å². The first kappa shape index (κ1) is 26.7. The van der Waals surface area contributed by atoms with Gasteiger partial charge in [0.1, 0.15) is 23.3 Å². The summed E-state index contributed by atoms with van der Waals surface area (Å²) in [5, 5.41) is 3.89. The van der Waals surface area contributed by atoms with Crippen molar-refractivity contribution in [2.75, 3.05) is 31.6 Å². The fraction of sp³-hybridized carbons (Fsp3) is 0.417. The minimum atomic E-state index is -4.04. The molecule has 3 aromatic rings. The van der Waals surface area contributed by atoms with Gasteiger partial charge in [0.15, 0.2) is 5.82 Å². The number of ether oxygens (including phenoxy) is 1. The van der Waals surface area contributed by atoms with E-state index in [0.29, 0.717) is 19.1 Å². The molecule has 2 aliphatic rings. The number of amides is 1. The molecule has 2 fully saturated rings. The van der Waals surface area contributed by atoms with Gasteiger partial charge in [0.25, 0.3) is 5.91 Å². The van der Waals surface area contributed by atoms with Gasteiger partial charge in [-0.05, 0) is 49.6 Å². The van der Waals surface area contributed by atoms with Crippen LogP contribution in [0.4, 0.5) is 18.9 Å². The zero-order chi connectivity index (χ0) is 26.7. The Morgan fingerprint density at radius 3 is 2.49 bits per heavy atom. The Labute approximate surface area is 213 Å². The SMILES string of the molecule is CCN(C)S(=O)(=O)NC(=O)c1cnn2ccc(N3CCC(F)C3)c(F)c12.Fc1ccc(OC2CC2)cc1. The summed E-state index contributed by atoms with van der Waals surface area (Å²) in [6, 6.07) is 7.60. The van der Waals surface area contributed by atoms with Gasteiger partial charge < -0.3 is 9.64 Å². The summed E-state index contributed by atoms with van der Waals surface area (Å²) in [4.78, 5) is 13.9. The molecule has 2 aromatic heterocycles. The van der Waals surface area contributed by atoms with E-state index in [0.717, 1.165) is 33.6 Å². The second kappa shape index (κ2) is 11.0. The van der Waals surface area contributed by atoms with Crippen molar-refractivity contribution in [3.05, 3.63) is 59.9 Å². The van der Waals surface area contributed by atoms with Crippen LogP contribution in [0, 0.1) is 11.6 Å². The van der Waals surface area contributed by atoms with Crippen LogP contribution in [-0.4, -0.2) is 67.2 Å². The van der Waals surface area contributed by atoms with E-state index in [4.69, 9.17) is 4.74 Å². The lowest BCUT2D eigenvalue weighted by Gasteiger charge is -2.19. The number of nitrogens with zero attached hydrogens (tertiary/aromatic N) is 4. The lowest BCUT2D eigenvalue weighted by atomic mass is 10.2. The summed E-state index contributed by atoms with van der Waals surface area (Å²) < 4.78 is 74.3. The van der Waals surface area contributed by atoms with E-state index in [9.17, 15) is 26.4 Å². The maximum atomic E-state index is 15.0. The van der Waals surface area contributed by atoms with Crippen LogP contribution in [0.15, 0.2) is 42.7 Å². The average Bonchev–Trinajstić information content (AvgIpc) is 3.39. The van der Waals surface area contributed by atoms with Crippen LogP contribution in [0.3, 0.4) is 0 Å². The number of anilines is 1. The molecule has 9 nitrogen and oxygen atoms in total. The fourth-order valence-electron chi connectivity index (χ4n) is 3.69. The molecule has 0 radical (unpaired) electrons. The number of nitrogens with one attached hydrogen (secondary N) is 1. The Hall–Kier alpha value is -3.32. The number of fused-ring (bicyclic) bond motifs is 1. The highest BCUT2D eigenvalue weighted by Crippen LogP contribution is 2.29. The topological polar surface area (TPSA) is 96.2 Å². The lowest BCUT2D eigenvalue weighted by molar-refractivity contribution is 0.0980.